The average Bonchev–Trinajstić information content (AvgIpc) is 3.03. The molecule has 0 unspecified atom stereocenters. The fraction of sp³-hybridized carbons (Fsp3) is 0.188. The van der Waals surface area contributed by atoms with Crippen molar-refractivity contribution >= 4 is 34.6 Å². The summed E-state index contributed by atoms with van der Waals surface area (Å²) in [6.07, 6.45) is 3.58. The highest BCUT2D eigenvalue weighted by atomic mass is 32.2. The molecule has 0 saturated carbocycles. The molecule has 0 aliphatic carbocycles. The molecule has 23 heavy (non-hydrogen) atoms. The Bertz CT molecular complexity index is 876. The predicted molar refractivity (Wildman–Crippen MR) is 93.5 cm³/mol. The molecule has 2 heterocycles. The smallest absolute Gasteiger partial charge is 0.158 e. The first-order valence-corrected chi connectivity index (χ1v) is 8.22. The molecule has 0 radical (unpaired) electrons. The first-order chi connectivity index (χ1) is 11.1. The van der Waals surface area contributed by atoms with E-state index in [9.17, 15) is 5.26 Å². The molecule has 2 aromatic heterocycles. The molecule has 1 N–H and O–H groups in total. The van der Waals surface area contributed by atoms with E-state index in [4.69, 9.17) is 0 Å². The lowest BCUT2D eigenvalue weighted by molar-refractivity contribution is 0.917. The molecular formula is C16H16N6S. The third-order valence-corrected chi connectivity index (χ3v) is 4.14. The minimum Gasteiger partial charge on any atom is -0.378 e. The molecule has 0 aliphatic rings. The summed E-state index contributed by atoms with van der Waals surface area (Å²) in [4.78, 5) is 6.49. The SMILES string of the molecule is CSc1nc2ccnn2c(Nc2ccc(N(C)C)cc2)c1C#N. The van der Waals surface area contributed by atoms with Gasteiger partial charge in [-0.3, -0.25) is 0 Å². The maximum Gasteiger partial charge on any atom is 0.158 e. The lowest BCUT2D eigenvalue weighted by Crippen LogP contribution is -2.09. The molecule has 7 heteroatoms. The number of hydrogen-bond acceptors (Lipinski definition) is 6. The van der Waals surface area contributed by atoms with Gasteiger partial charge in [-0.05, 0) is 30.5 Å². The van der Waals surface area contributed by atoms with Crippen molar-refractivity contribution in [3.8, 4) is 6.07 Å². The molecule has 0 bridgehead atoms. The van der Waals surface area contributed by atoms with Gasteiger partial charge in [0.05, 0.1) is 6.20 Å². The first-order valence-electron chi connectivity index (χ1n) is 7.00. The van der Waals surface area contributed by atoms with Gasteiger partial charge < -0.3 is 10.2 Å². The zero-order valence-electron chi connectivity index (χ0n) is 13.1. The molecular weight excluding hydrogens is 308 g/mol. The number of fused-ring (bicyclic) bond motifs is 1. The van der Waals surface area contributed by atoms with Gasteiger partial charge in [0.15, 0.2) is 11.5 Å². The van der Waals surface area contributed by atoms with E-state index in [0.29, 0.717) is 22.1 Å². The van der Waals surface area contributed by atoms with Crippen LogP contribution in [0.2, 0.25) is 0 Å². The Kier molecular flexibility index (Phi) is 4.08. The zero-order valence-corrected chi connectivity index (χ0v) is 13.9. The van der Waals surface area contributed by atoms with Crippen LogP contribution in [0.1, 0.15) is 5.56 Å². The summed E-state index contributed by atoms with van der Waals surface area (Å²) < 4.78 is 1.65. The Morgan fingerprint density at radius 2 is 1.96 bits per heavy atom. The molecule has 3 rings (SSSR count). The van der Waals surface area contributed by atoms with E-state index in [0.717, 1.165) is 11.4 Å². The molecule has 1 aromatic carbocycles. The Morgan fingerprint density at radius 3 is 2.57 bits per heavy atom. The summed E-state index contributed by atoms with van der Waals surface area (Å²) in [6, 6.07) is 12.0. The number of aromatic nitrogens is 3. The Balaban J connectivity index is 2.08. The van der Waals surface area contributed by atoms with Crippen LogP contribution in [0.4, 0.5) is 17.2 Å². The molecule has 3 aromatic rings. The second-order valence-corrected chi connectivity index (χ2v) is 5.92. The van der Waals surface area contributed by atoms with Crippen LogP contribution in [0.5, 0.6) is 0 Å². The van der Waals surface area contributed by atoms with Crippen molar-refractivity contribution in [2.24, 2.45) is 0 Å². The molecule has 0 aliphatic heterocycles. The number of nitrogens with one attached hydrogen (secondary N) is 1. The monoisotopic (exact) mass is 324 g/mol. The van der Waals surface area contributed by atoms with Crippen molar-refractivity contribution in [2.75, 3.05) is 30.6 Å². The Hall–Kier alpha value is -2.72. The fourth-order valence-corrected chi connectivity index (χ4v) is 2.80. The van der Waals surface area contributed by atoms with Gasteiger partial charge in [-0.2, -0.15) is 14.9 Å². The van der Waals surface area contributed by atoms with Gasteiger partial charge >= 0.3 is 0 Å². The molecule has 0 atom stereocenters. The van der Waals surface area contributed by atoms with Gasteiger partial charge in [-0.1, -0.05) is 0 Å². The Labute approximate surface area is 138 Å². The van der Waals surface area contributed by atoms with E-state index in [1.165, 1.54) is 11.8 Å². The van der Waals surface area contributed by atoms with E-state index in [-0.39, 0.29) is 0 Å². The molecule has 0 spiro atoms. The highest BCUT2D eigenvalue weighted by Crippen LogP contribution is 2.28. The van der Waals surface area contributed by atoms with Crippen molar-refractivity contribution in [2.45, 2.75) is 5.03 Å². The number of hydrogen-bond donors (Lipinski definition) is 1. The second-order valence-electron chi connectivity index (χ2n) is 5.12. The maximum atomic E-state index is 9.53. The minimum atomic E-state index is 0.491. The third-order valence-electron chi connectivity index (χ3n) is 3.45. The normalized spacial score (nSPS) is 10.5. The number of thioether (sulfide) groups is 1. The van der Waals surface area contributed by atoms with Crippen molar-refractivity contribution in [1.29, 1.82) is 5.26 Å². The van der Waals surface area contributed by atoms with Crippen LogP contribution in [0.15, 0.2) is 41.6 Å². The van der Waals surface area contributed by atoms with Crippen LogP contribution in [0.25, 0.3) is 5.65 Å². The zero-order chi connectivity index (χ0) is 16.4. The van der Waals surface area contributed by atoms with Crippen LogP contribution in [0, 0.1) is 11.3 Å². The van der Waals surface area contributed by atoms with E-state index in [1.807, 2.05) is 55.6 Å². The quantitative estimate of drug-likeness (QED) is 0.587. The number of nitriles is 1. The standard InChI is InChI=1S/C16H16N6S/c1-21(2)12-6-4-11(5-7-12)19-15-13(10-17)16(23-3)20-14-8-9-18-22(14)15/h4-9,19H,1-3H3. The van der Waals surface area contributed by atoms with Crippen LogP contribution in [-0.4, -0.2) is 34.9 Å². The summed E-state index contributed by atoms with van der Waals surface area (Å²) in [7, 11) is 3.99. The largest absolute Gasteiger partial charge is 0.378 e. The predicted octanol–water partition coefficient (Wildman–Crippen LogP) is 3.13. The van der Waals surface area contributed by atoms with Gasteiger partial charge in [0.2, 0.25) is 0 Å². The third kappa shape index (κ3) is 2.81. The minimum absolute atomic E-state index is 0.491. The molecule has 116 valence electrons. The summed E-state index contributed by atoms with van der Waals surface area (Å²) in [5.74, 6) is 0.629. The summed E-state index contributed by atoms with van der Waals surface area (Å²) in [5, 5.41) is 17.8. The topological polar surface area (TPSA) is 69.2 Å². The van der Waals surface area contributed by atoms with Crippen LogP contribution >= 0.6 is 11.8 Å². The maximum absolute atomic E-state index is 9.53. The van der Waals surface area contributed by atoms with Crippen LogP contribution in [0.3, 0.4) is 0 Å². The fourth-order valence-electron chi connectivity index (χ4n) is 2.26. The van der Waals surface area contributed by atoms with Gasteiger partial charge in [-0.15, -0.1) is 11.8 Å². The lowest BCUT2D eigenvalue weighted by Gasteiger charge is -2.15. The van der Waals surface area contributed by atoms with Crippen molar-refractivity contribution in [1.82, 2.24) is 14.6 Å². The molecule has 6 nitrogen and oxygen atoms in total. The number of nitrogens with zero attached hydrogens (tertiary/aromatic N) is 5. The van der Waals surface area contributed by atoms with E-state index < -0.39 is 0 Å². The second kappa shape index (κ2) is 6.18. The molecule has 0 fully saturated rings. The Morgan fingerprint density at radius 1 is 1.22 bits per heavy atom. The molecule has 0 saturated heterocycles. The number of benzene rings is 1. The van der Waals surface area contributed by atoms with Crippen LogP contribution < -0.4 is 10.2 Å². The highest BCUT2D eigenvalue weighted by Gasteiger charge is 2.15. The van der Waals surface area contributed by atoms with Crippen molar-refractivity contribution < 1.29 is 0 Å². The van der Waals surface area contributed by atoms with Gasteiger partial charge in [0, 0.05) is 31.5 Å². The van der Waals surface area contributed by atoms with Crippen LogP contribution in [-0.2, 0) is 0 Å². The van der Waals surface area contributed by atoms with Gasteiger partial charge in [0.1, 0.15) is 16.7 Å². The first kappa shape index (κ1) is 15.2. The summed E-state index contributed by atoms with van der Waals surface area (Å²) in [5.41, 5.74) is 3.20. The lowest BCUT2D eigenvalue weighted by atomic mass is 10.2. The summed E-state index contributed by atoms with van der Waals surface area (Å²) in [6.45, 7) is 0. The van der Waals surface area contributed by atoms with E-state index in [2.05, 4.69) is 21.5 Å². The summed E-state index contributed by atoms with van der Waals surface area (Å²) >= 11 is 1.45. The number of anilines is 3. The van der Waals surface area contributed by atoms with E-state index in [1.54, 1.807) is 10.7 Å². The number of rotatable bonds is 4. The van der Waals surface area contributed by atoms with Crippen molar-refractivity contribution in [3.63, 3.8) is 0 Å². The van der Waals surface area contributed by atoms with E-state index >= 15 is 0 Å². The molecule has 0 amide bonds. The van der Waals surface area contributed by atoms with Gasteiger partial charge in [-0.25, -0.2) is 4.98 Å². The average molecular weight is 324 g/mol. The van der Waals surface area contributed by atoms with Crippen molar-refractivity contribution in [3.05, 3.63) is 42.1 Å². The highest BCUT2D eigenvalue weighted by molar-refractivity contribution is 7.98. The van der Waals surface area contributed by atoms with Gasteiger partial charge in [0.25, 0.3) is 0 Å².